The zero-order chi connectivity index (χ0) is 17.9. The molecule has 0 spiro atoms. The Balaban J connectivity index is 1.73. The van der Waals surface area contributed by atoms with Crippen LogP contribution in [0, 0.1) is 0 Å². The molecule has 0 amide bonds. The molecular weight excluding hydrogens is 394 g/mol. The first-order valence-corrected chi connectivity index (χ1v) is 10.2. The molecule has 0 aliphatic rings. The van der Waals surface area contributed by atoms with Crippen molar-refractivity contribution >= 4 is 38.8 Å². The van der Waals surface area contributed by atoms with Gasteiger partial charge in [-0.1, -0.05) is 67.2 Å². The molecule has 0 aromatic heterocycles. The molecule has 0 atom stereocenters. The van der Waals surface area contributed by atoms with E-state index in [9.17, 15) is 0 Å². The van der Waals surface area contributed by atoms with Crippen LogP contribution in [0.5, 0.6) is 5.75 Å². The topological polar surface area (TPSA) is 21.3 Å². The third-order valence-corrected chi connectivity index (χ3v) is 4.85. The molecule has 0 saturated heterocycles. The summed E-state index contributed by atoms with van der Waals surface area (Å²) in [4.78, 5) is 0.713. The lowest BCUT2D eigenvalue weighted by Gasteiger charge is -2.10. The molecule has 25 heavy (non-hydrogen) atoms. The summed E-state index contributed by atoms with van der Waals surface area (Å²) in [6.45, 7) is 3.03. The summed E-state index contributed by atoms with van der Waals surface area (Å²) in [6.07, 6.45) is 7.66. The summed E-state index contributed by atoms with van der Waals surface area (Å²) in [5.74, 6) is 0.906. The quantitative estimate of drug-likeness (QED) is 0.331. The van der Waals surface area contributed by atoms with Gasteiger partial charge in [-0.2, -0.15) is 0 Å². The molecule has 4 heteroatoms. The van der Waals surface area contributed by atoms with Crippen molar-refractivity contribution in [1.29, 1.82) is 0 Å². The van der Waals surface area contributed by atoms with Gasteiger partial charge in [0, 0.05) is 15.7 Å². The fraction of sp³-hybridized carbons (Fsp3) is 0.381. The van der Waals surface area contributed by atoms with Gasteiger partial charge in [0.1, 0.15) is 10.7 Å². The molecule has 0 radical (unpaired) electrons. The van der Waals surface area contributed by atoms with Crippen LogP contribution < -0.4 is 10.1 Å². The monoisotopic (exact) mass is 419 g/mol. The Morgan fingerprint density at radius 2 is 1.56 bits per heavy atom. The Labute approximate surface area is 165 Å². The van der Waals surface area contributed by atoms with Gasteiger partial charge in [0.05, 0.1) is 6.61 Å². The van der Waals surface area contributed by atoms with E-state index in [0.717, 1.165) is 34.5 Å². The highest BCUT2D eigenvalue weighted by Crippen LogP contribution is 2.17. The van der Waals surface area contributed by atoms with Crippen molar-refractivity contribution in [3.8, 4) is 5.75 Å². The number of unbranched alkanes of at least 4 members (excludes halogenated alkanes) is 5. The highest BCUT2D eigenvalue weighted by molar-refractivity contribution is 9.10. The van der Waals surface area contributed by atoms with Gasteiger partial charge in [-0.15, -0.1) is 0 Å². The minimum atomic E-state index is 0.713. The maximum absolute atomic E-state index is 5.81. The number of benzene rings is 2. The Kier molecular flexibility index (Phi) is 8.98. The summed E-state index contributed by atoms with van der Waals surface area (Å²) in [7, 11) is 0. The molecule has 0 unspecified atom stereocenters. The first-order chi connectivity index (χ1) is 12.2. The van der Waals surface area contributed by atoms with Crippen LogP contribution in [0.15, 0.2) is 53.0 Å². The van der Waals surface area contributed by atoms with Gasteiger partial charge in [-0.25, -0.2) is 0 Å². The molecule has 134 valence electrons. The largest absolute Gasteiger partial charge is 0.494 e. The fourth-order valence-electron chi connectivity index (χ4n) is 2.51. The highest BCUT2D eigenvalue weighted by atomic mass is 79.9. The number of anilines is 1. The average Bonchev–Trinajstić information content (AvgIpc) is 2.63. The van der Waals surface area contributed by atoms with Crippen LogP contribution in [-0.4, -0.2) is 11.6 Å². The minimum Gasteiger partial charge on any atom is -0.494 e. The molecule has 2 aromatic rings. The predicted octanol–water partition coefficient (Wildman–Crippen LogP) is 6.98. The van der Waals surface area contributed by atoms with Crippen molar-refractivity contribution < 1.29 is 4.74 Å². The minimum absolute atomic E-state index is 0.713. The Bertz CT molecular complexity index is 640. The fourth-order valence-corrected chi connectivity index (χ4v) is 3.03. The number of thiocarbonyl (C=S) groups is 1. The number of rotatable bonds is 10. The lowest BCUT2D eigenvalue weighted by Crippen LogP contribution is -2.10. The number of nitrogens with one attached hydrogen (secondary N) is 1. The summed E-state index contributed by atoms with van der Waals surface area (Å²) in [6, 6.07) is 16.0. The molecular formula is C21H26BrNOS. The van der Waals surface area contributed by atoms with Crippen molar-refractivity contribution in [2.75, 3.05) is 11.9 Å². The molecule has 0 saturated carbocycles. The Morgan fingerprint density at radius 3 is 2.24 bits per heavy atom. The van der Waals surface area contributed by atoms with E-state index < -0.39 is 0 Å². The Morgan fingerprint density at radius 1 is 0.920 bits per heavy atom. The summed E-state index contributed by atoms with van der Waals surface area (Å²) < 4.78 is 6.86. The average molecular weight is 420 g/mol. The Hall–Kier alpha value is -1.39. The van der Waals surface area contributed by atoms with Crippen LogP contribution >= 0.6 is 28.1 Å². The maximum atomic E-state index is 5.81. The second kappa shape index (κ2) is 11.3. The summed E-state index contributed by atoms with van der Waals surface area (Å²) >= 11 is 8.90. The smallest absolute Gasteiger partial charge is 0.119 e. The van der Waals surface area contributed by atoms with Crippen LogP contribution in [0.1, 0.15) is 51.0 Å². The third-order valence-electron chi connectivity index (χ3n) is 3.99. The van der Waals surface area contributed by atoms with Crippen LogP contribution in [0.3, 0.4) is 0 Å². The van der Waals surface area contributed by atoms with Crippen molar-refractivity contribution in [2.24, 2.45) is 0 Å². The van der Waals surface area contributed by atoms with Gasteiger partial charge < -0.3 is 10.1 Å². The molecule has 0 bridgehead atoms. The highest BCUT2D eigenvalue weighted by Gasteiger charge is 2.03. The van der Waals surface area contributed by atoms with E-state index >= 15 is 0 Å². The summed E-state index contributed by atoms with van der Waals surface area (Å²) in [5, 5.41) is 3.25. The van der Waals surface area contributed by atoms with Gasteiger partial charge >= 0.3 is 0 Å². The van der Waals surface area contributed by atoms with Gasteiger partial charge in [0.25, 0.3) is 0 Å². The van der Waals surface area contributed by atoms with Gasteiger partial charge in [-0.05, 0) is 55.0 Å². The molecule has 0 heterocycles. The number of hydrogen-bond donors (Lipinski definition) is 1. The van der Waals surface area contributed by atoms with Gasteiger partial charge in [0.2, 0.25) is 0 Å². The summed E-state index contributed by atoms with van der Waals surface area (Å²) in [5.41, 5.74) is 1.97. The van der Waals surface area contributed by atoms with E-state index in [1.54, 1.807) is 0 Å². The SMILES string of the molecule is CCCCCCCCOc1ccc(C(=S)Nc2ccc(Br)cc2)cc1. The second-order valence-corrected chi connectivity index (χ2v) is 7.43. The zero-order valence-corrected chi connectivity index (χ0v) is 17.2. The lowest BCUT2D eigenvalue weighted by molar-refractivity contribution is 0.304. The molecule has 0 aliphatic heterocycles. The van der Waals surface area contributed by atoms with Crippen molar-refractivity contribution in [3.63, 3.8) is 0 Å². The zero-order valence-electron chi connectivity index (χ0n) is 14.8. The molecule has 2 nitrogen and oxygen atoms in total. The normalized spacial score (nSPS) is 10.5. The van der Waals surface area contributed by atoms with Gasteiger partial charge in [0.15, 0.2) is 0 Å². The van der Waals surface area contributed by atoms with Crippen LogP contribution in [0.25, 0.3) is 0 Å². The molecule has 0 aliphatic carbocycles. The number of halogens is 1. The lowest BCUT2D eigenvalue weighted by atomic mass is 10.1. The van der Waals surface area contributed by atoms with E-state index in [0.29, 0.717) is 4.99 Å². The van der Waals surface area contributed by atoms with E-state index in [1.807, 2.05) is 48.5 Å². The third kappa shape index (κ3) is 7.57. The predicted molar refractivity (Wildman–Crippen MR) is 115 cm³/mol. The number of hydrogen-bond acceptors (Lipinski definition) is 2. The van der Waals surface area contributed by atoms with Gasteiger partial charge in [-0.3, -0.25) is 0 Å². The van der Waals surface area contributed by atoms with Crippen molar-refractivity contribution in [1.82, 2.24) is 0 Å². The number of ether oxygens (including phenoxy) is 1. The van der Waals surface area contributed by atoms with Crippen LogP contribution in [-0.2, 0) is 0 Å². The molecule has 2 rings (SSSR count). The molecule has 1 N–H and O–H groups in total. The van der Waals surface area contributed by atoms with Crippen molar-refractivity contribution in [2.45, 2.75) is 45.4 Å². The maximum Gasteiger partial charge on any atom is 0.119 e. The van der Waals surface area contributed by atoms with Crippen LogP contribution in [0.2, 0.25) is 0 Å². The second-order valence-electron chi connectivity index (χ2n) is 6.10. The van der Waals surface area contributed by atoms with E-state index in [1.165, 1.54) is 32.1 Å². The first kappa shape index (κ1) is 19.9. The molecule has 2 aromatic carbocycles. The van der Waals surface area contributed by atoms with E-state index in [-0.39, 0.29) is 0 Å². The van der Waals surface area contributed by atoms with E-state index in [4.69, 9.17) is 17.0 Å². The standard InChI is InChI=1S/C21H26BrNOS/c1-2-3-4-5-6-7-16-24-20-14-8-17(9-15-20)21(25)23-19-12-10-18(22)11-13-19/h8-15H,2-7,16H2,1H3,(H,23,25). The molecule has 0 fully saturated rings. The first-order valence-electron chi connectivity index (χ1n) is 8.99. The van der Waals surface area contributed by atoms with Crippen molar-refractivity contribution in [3.05, 3.63) is 58.6 Å². The van der Waals surface area contributed by atoms with Crippen LogP contribution in [0.4, 0.5) is 5.69 Å². The van der Waals surface area contributed by atoms with E-state index in [2.05, 4.69) is 28.2 Å².